The molecule has 1 aliphatic rings. The van der Waals surface area contributed by atoms with Crippen LogP contribution < -0.4 is 4.74 Å². The van der Waals surface area contributed by atoms with Crippen LogP contribution in [-0.2, 0) is 0 Å². The fourth-order valence-electron chi connectivity index (χ4n) is 3.74. The number of nitrogens with zero attached hydrogens (tertiary/aromatic N) is 4. The van der Waals surface area contributed by atoms with Gasteiger partial charge in [0, 0.05) is 41.5 Å². The van der Waals surface area contributed by atoms with E-state index in [1.54, 1.807) is 18.3 Å². The number of halogens is 3. The van der Waals surface area contributed by atoms with Gasteiger partial charge in [-0.05, 0) is 36.8 Å². The highest BCUT2D eigenvalue weighted by molar-refractivity contribution is 7.99. The van der Waals surface area contributed by atoms with E-state index in [0.717, 1.165) is 23.5 Å². The third-order valence-corrected chi connectivity index (χ3v) is 6.86. The summed E-state index contributed by atoms with van der Waals surface area (Å²) in [5.74, 6) is 1.84. The second kappa shape index (κ2) is 9.29. The summed E-state index contributed by atoms with van der Waals surface area (Å²) < 4.78 is 20.9. The lowest BCUT2D eigenvalue weighted by atomic mass is 10.1. The molecular weight excluding hydrogens is 484 g/mol. The van der Waals surface area contributed by atoms with E-state index in [1.165, 1.54) is 18.5 Å². The third-order valence-electron chi connectivity index (χ3n) is 5.36. The molecule has 1 aliphatic heterocycles. The van der Waals surface area contributed by atoms with Crippen LogP contribution >= 0.6 is 35.0 Å². The first-order chi connectivity index (χ1) is 16.0. The highest BCUT2D eigenvalue weighted by Gasteiger charge is 2.19. The Kier molecular flexibility index (Phi) is 6.23. The van der Waals surface area contributed by atoms with E-state index in [-0.39, 0.29) is 5.82 Å². The van der Waals surface area contributed by atoms with Crippen molar-refractivity contribution in [2.24, 2.45) is 0 Å². The summed E-state index contributed by atoms with van der Waals surface area (Å²) in [5, 5.41) is 8.09. The van der Waals surface area contributed by atoms with Crippen molar-refractivity contribution in [3.8, 4) is 17.1 Å². The number of fused-ring (bicyclic) bond motifs is 1. The number of rotatable bonds is 5. The highest BCUT2D eigenvalue weighted by atomic mass is 35.5. The Hall–Kier alpha value is -2.68. The Labute approximate surface area is 203 Å². The largest absolute Gasteiger partial charge is 0.470 e. The van der Waals surface area contributed by atoms with Gasteiger partial charge >= 0.3 is 0 Å². The molecule has 4 aromatic rings. The maximum atomic E-state index is 14.9. The van der Waals surface area contributed by atoms with Gasteiger partial charge < -0.3 is 4.74 Å². The SMILES string of the molecule is C[C@@H](Oc1ccc2[nH]nc(-c3cnc(C4=CCSCC4)c(F)c3)c2n1)c1c(Cl)cncc1Cl. The van der Waals surface area contributed by atoms with Crippen LogP contribution in [0.2, 0.25) is 10.0 Å². The number of pyridine rings is 3. The molecule has 0 spiro atoms. The monoisotopic (exact) mass is 501 g/mol. The van der Waals surface area contributed by atoms with E-state index < -0.39 is 6.10 Å². The maximum Gasteiger partial charge on any atom is 0.214 e. The van der Waals surface area contributed by atoms with Crippen LogP contribution in [0, 0.1) is 5.82 Å². The molecule has 5 heterocycles. The number of hydrogen-bond donors (Lipinski definition) is 1. The van der Waals surface area contributed by atoms with Gasteiger partial charge in [0.05, 0.1) is 15.6 Å². The van der Waals surface area contributed by atoms with E-state index in [1.807, 2.05) is 24.8 Å². The van der Waals surface area contributed by atoms with Crippen LogP contribution in [-0.4, -0.2) is 36.7 Å². The van der Waals surface area contributed by atoms with Crippen molar-refractivity contribution in [2.75, 3.05) is 11.5 Å². The number of aromatic nitrogens is 5. The molecule has 33 heavy (non-hydrogen) atoms. The average molecular weight is 502 g/mol. The van der Waals surface area contributed by atoms with E-state index >= 15 is 0 Å². The molecule has 5 rings (SSSR count). The van der Waals surface area contributed by atoms with Gasteiger partial charge in [0.2, 0.25) is 5.88 Å². The Bertz CT molecular complexity index is 1360. The molecule has 1 atom stereocenters. The number of allylic oxidation sites excluding steroid dienone is 1. The van der Waals surface area contributed by atoms with E-state index in [2.05, 4.69) is 25.1 Å². The lowest BCUT2D eigenvalue weighted by Crippen LogP contribution is -2.06. The highest BCUT2D eigenvalue weighted by Crippen LogP contribution is 2.34. The molecule has 1 N–H and O–H groups in total. The zero-order chi connectivity index (χ0) is 22.9. The topological polar surface area (TPSA) is 76.6 Å². The van der Waals surface area contributed by atoms with Crippen molar-refractivity contribution in [3.05, 3.63) is 70.0 Å². The molecule has 0 aromatic carbocycles. The fraction of sp³-hybridized carbons (Fsp3) is 0.217. The summed E-state index contributed by atoms with van der Waals surface area (Å²) in [6.07, 6.45) is 7.04. The molecule has 0 radical (unpaired) electrons. The molecule has 0 fully saturated rings. The Morgan fingerprint density at radius 1 is 1.15 bits per heavy atom. The van der Waals surface area contributed by atoms with Crippen LogP contribution in [0.5, 0.6) is 5.88 Å². The first-order valence-corrected chi connectivity index (χ1v) is 12.2. The quantitative estimate of drug-likeness (QED) is 0.335. The second-order valence-electron chi connectivity index (χ2n) is 7.50. The molecule has 168 valence electrons. The van der Waals surface area contributed by atoms with Crippen molar-refractivity contribution in [1.82, 2.24) is 25.1 Å². The standard InChI is InChI=1S/C23H18Cl2FN5OS/c1-12(20-15(24)10-27-11-16(20)25)32-19-3-2-18-23(29-19)22(31-30-18)14-8-17(26)21(28-9-14)13-4-6-33-7-5-13/h2-4,8-12H,5-7H2,1H3,(H,30,31)/t12-/m1/s1. The Balaban J connectivity index is 1.46. The molecule has 0 bridgehead atoms. The summed E-state index contributed by atoms with van der Waals surface area (Å²) in [6.45, 7) is 1.83. The van der Waals surface area contributed by atoms with Crippen molar-refractivity contribution in [2.45, 2.75) is 19.4 Å². The van der Waals surface area contributed by atoms with Crippen LogP contribution in [0.4, 0.5) is 4.39 Å². The molecule has 10 heteroatoms. The minimum atomic E-state index is -0.464. The van der Waals surface area contributed by atoms with E-state index in [0.29, 0.717) is 49.5 Å². The smallest absolute Gasteiger partial charge is 0.214 e. The van der Waals surface area contributed by atoms with Gasteiger partial charge in [-0.3, -0.25) is 15.1 Å². The van der Waals surface area contributed by atoms with Gasteiger partial charge in [0.25, 0.3) is 0 Å². The number of hydrogen-bond acceptors (Lipinski definition) is 6. The van der Waals surface area contributed by atoms with Crippen molar-refractivity contribution in [1.29, 1.82) is 0 Å². The third kappa shape index (κ3) is 4.43. The molecule has 6 nitrogen and oxygen atoms in total. The van der Waals surface area contributed by atoms with Crippen molar-refractivity contribution < 1.29 is 9.13 Å². The molecule has 0 amide bonds. The lowest BCUT2D eigenvalue weighted by Gasteiger charge is -2.16. The van der Waals surface area contributed by atoms with Gasteiger partial charge in [0.15, 0.2) is 0 Å². The number of thioether (sulfide) groups is 1. The van der Waals surface area contributed by atoms with Gasteiger partial charge in [-0.1, -0.05) is 29.3 Å². The average Bonchev–Trinajstić information content (AvgIpc) is 3.23. The van der Waals surface area contributed by atoms with Gasteiger partial charge in [-0.15, -0.1) is 0 Å². The molecule has 0 aliphatic carbocycles. The summed E-state index contributed by atoms with van der Waals surface area (Å²) in [4.78, 5) is 13.0. The number of nitrogens with one attached hydrogen (secondary N) is 1. The second-order valence-corrected chi connectivity index (χ2v) is 9.47. The lowest BCUT2D eigenvalue weighted by molar-refractivity contribution is 0.218. The van der Waals surface area contributed by atoms with E-state index in [9.17, 15) is 4.39 Å². The first kappa shape index (κ1) is 22.1. The minimum absolute atomic E-state index is 0.358. The van der Waals surface area contributed by atoms with Crippen LogP contribution in [0.15, 0.2) is 42.9 Å². The Morgan fingerprint density at radius 2 is 1.97 bits per heavy atom. The number of H-pyrrole nitrogens is 1. The number of ether oxygens (including phenoxy) is 1. The fourth-order valence-corrected chi connectivity index (χ4v) is 5.27. The predicted molar refractivity (Wildman–Crippen MR) is 130 cm³/mol. The summed E-state index contributed by atoms with van der Waals surface area (Å²) in [7, 11) is 0. The zero-order valence-electron chi connectivity index (χ0n) is 17.5. The molecule has 0 saturated carbocycles. The predicted octanol–water partition coefficient (Wildman–Crippen LogP) is 6.52. The van der Waals surface area contributed by atoms with Crippen molar-refractivity contribution >= 4 is 51.6 Å². The maximum absolute atomic E-state index is 14.9. The van der Waals surface area contributed by atoms with Gasteiger partial charge in [0.1, 0.15) is 28.8 Å². The summed E-state index contributed by atoms with van der Waals surface area (Å²) in [6, 6.07) is 4.98. The Morgan fingerprint density at radius 3 is 2.70 bits per heavy atom. The van der Waals surface area contributed by atoms with Gasteiger partial charge in [-0.25, -0.2) is 9.37 Å². The first-order valence-electron chi connectivity index (χ1n) is 10.2. The summed E-state index contributed by atoms with van der Waals surface area (Å²) in [5.41, 5.74) is 4.24. The van der Waals surface area contributed by atoms with E-state index in [4.69, 9.17) is 27.9 Å². The van der Waals surface area contributed by atoms with Crippen molar-refractivity contribution in [3.63, 3.8) is 0 Å². The van der Waals surface area contributed by atoms with Crippen LogP contribution in [0.3, 0.4) is 0 Å². The summed E-state index contributed by atoms with van der Waals surface area (Å²) >= 11 is 14.3. The molecule has 0 unspecified atom stereocenters. The zero-order valence-corrected chi connectivity index (χ0v) is 19.8. The molecule has 4 aromatic heterocycles. The minimum Gasteiger partial charge on any atom is -0.470 e. The van der Waals surface area contributed by atoms with Crippen LogP contribution in [0.25, 0.3) is 27.9 Å². The molecular formula is C23H18Cl2FN5OS. The normalized spacial score (nSPS) is 14.8. The van der Waals surface area contributed by atoms with Crippen LogP contribution in [0.1, 0.15) is 30.7 Å². The molecule has 0 saturated heterocycles. The number of aromatic amines is 1. The van der Waals surface area contributed by atoms with Gasteiger partial charge in [-0.2, -0.15) is 16.9 Å².